The molecule has 0 heterocycles. The largest absolute Gasteiger partial charge is 0.480 e. The second-order valence-electron chi connectivity index (χ2n) is 5.57. The monoisotopic (exact) mass is 245 g/mol. The first-order valence-corrected chi connectivity index (χ1v) is 5.77. The quantitative estimate of drug-likeness (QED) is 0.796. The van der Waals surface area contributed by atoms with Gasteiger partial charge in [-0.25, -0.2) is 9.59 Å². The molecule has 2 unspecified atom stereocenters. The van der Waals surface area contributed by atoms with Crippen LogP contribution >= 0.6 is 0 Å². The normalized spacial score (nSPS) is 15.2. The number of amides is 1. The van der Waals surface area contributed by atoms with Gasteiger partial charge >= 0.3 is 12.1 Å². The van der Waals surface area contributed by atoms with Gasteiger partial charge in [-0.05, 0) is 32.6 Å². The lowest BCUT2D eigenvalue weighted by molar-refractivity contribution is -0.141. The van der Waals surface area contributed by atoms with Crippen molar-refractivity contribution in [3.63, 3.8) is 0 Å². The van der Waals surface area contributed by atoms with Crippen LogP contribution in [0.1, 0.15) is 41.5 Å². The first-order valence-electron chi connectivity index (χ1n) is 5.77. The molecule has 2 N–H and O–H groups in total. The number of hydrogen-bond acceptors (Lipinski definition) is 3. The van der Waals surface area contributed by atoms with E-state index in [9.17, 15) is 9.59 Å². The Balaban J connectivity index is 4.57. The molecule has 5 nitrogen and oxygen atoms in total. The third kappa shape index (κ3) is 6.14. The average Bonchev–Trinajstić information content (AvgIpc) is 2.09. The van der Waals surface area contributed by atoms with E-state index in [1.807, 2.05) is 13.8 Å². The summed E-state index contributed by atoms with van der Waals surface area (Å²) >= 11 is 0. The van der Waals surface area contributed by atoms with E-state index in [-0.39, 0.29) is 11.8 Å². The second kappa shape index (κ2) is 5.89. The molecule has 0 aliphatic heterocycles. The van der Waals surface area contributed by atoms with Crippen molar-refractivity contribution >= 4 is 12.1 Å². The predicted molar refractivity (Wildman–Crippen MR) is 64.8 cm³/mol. The average molecular weight is 245 g/mol. The zero-order chi connectivity index (χ0) is 13.8. The number of carbonyl (C=O) groups is 2. The van der Waals surface area contributed by atoms with E-state index in [1.54, 1.807) is 27.7 Å². The summed E-state index contributed by atoms with van der Waals surface area (Å²) in [6.07, 6.45) is -0.697. The lowest BCUT2D eigenvalue weighted by Gasteiger charge is -2.26. The molecule has 5 heteroatoms. The van der Waals surface area contributed by atoms with Crippen LogP contribution in [0.3, 0.4) is 0 Å². The standard InChI is InChI=1S/C12H23NO4/c1-7(2)8(3)9(10(14)15)13-11(16)17-12(4,5)6/h7-9H,1-6H3,(H,13,16)(H,14,15). The number of alkyl carbamates (subject to hydrolysis) is 1. The maximum absolute atomic E-state index is 11.5. The van der Waals surface area contributed by atoms with Crippen LogP contribution in [0.5, 0.6) is 0 Å². The van der Waals surface area contributed by atoms with Gasteiger partial charge in [0.1, 0.15) is 11.6 Å². The third-order valence-corrected chi connectivity index (χ3v) is 2.52. The molecule has 1 amide bonds. The summed E-state index contributed by atoms with van der Waals surface area (Å²) in [6.45, 7) is 10.8. The highest BCUT2D eigenvalue weighted by atomic mass is 16.6. The number of carboxylic acid groups (broad SMARTS) is 1. The molecule has 0 aromatic carbocycles. The first kappa shape index (κ1) is 15.7. The Morgan fingerprint density at radius 1 is 1.18 bits per heavy atom. The summed E-state index contributed by atoms with van der Waals surface area (Å²) in [5.41, 5.74) is -0.631. The molecule has 0 aliphatic carbocycles. The molecule has 100 valence electrons. The summed E-state index contributed by atoms with van der Waals surface area (Å²) < 4.78 is 5.03. The number of hydrogen-bond donors (Lipinski definition) is 2. The van der Waals surface area contributed by atoms with Crippen LogP contribution in [0, 0.1) is 11.8 Å². The minimum Gasteiger partial charge on any atom is -0.480 e. The van der Waals surface area contributed by atoms with Crippen molar-refractivity contribution in [2.24, 2.45) is 11.8 Å². The highest BCUT2D eigenvalue weighted by molar-refractivity contribution is 5.80. The smallest absolute Gasteiger partial charge is 0.408 e. The molecule has 0 spiro atoms. The van der Waals surface area contributed by atoms with Crippen molar-refractivity contribution in [3.8, 4) is 0 Å². The lowest BCUT2D eigenvalue weighted by atomic mass is 9.90. The highest BCUT2D eigenvalue weighted by Crippen LogP contribution is 2.15. The minimum absolute atomic E-state index is 0.158. The molecular formula is C12H23NO4. The molecule has 0 rings (SSSR count). The number of rotatable bonds is 4. The van der Waals surface area contributed by atoms with E-state index < -0.39 is 23.7 Å². The Labute approximate surface area is 103 Å². The molecule has 0 saturated carbocycles. The van der Waals surface area contributed by atoms with Crippen molar-refractivity contribution in [1.82, 2.24) is 5.32 Å². The number of ether oxygens (including phenoxy) is 1. The van der Waals surface area contributed by atoms with E-state index in [4.69, 9.17) is 9.84 Å². The Bertz CT molecular complexity index is 281. The topological polar surface area (TPSA) is 75.6 Å². The van der Waals surface area contributed by atoms with E-state index in [0.29, 0.717) is 0 Å². The van der Waals surface area contributed by atoms with Gasteiger partial charge in [0.2, 0.25) is 0 Å². The van der Waals surface area contributed by atoms with E-state index in [1.165, 1.54) is 0 Å². The van der Waals surface area contributed by atoms with Crippen LogP contribution < -0.4 is 5.32 Å². The SMILES string of the molecule is CC(C)C(C)C(NC(=O)OC(C)(C)C)C(=O)O. The van der Waals surface area contributed by atoms with Crippen LogP contribution in [0.4, 0.5) is 4.79 Å². The molecule has 0 bridgehead atoms. The van der Waals surface area contributed by atoms with Crippen molar-refractivity contribution in [2.45, 2.75) is 53.2 Å². The van der Waals surface area contributed by atoms with Gasteiger partial charge in [0, 0.05) is 0 Å². The van der Waals surface area contributed by atoms with Crippen molar-refractivity contribution in [2.75, 3.05) is 0 Å². The summed E-state index contributed by atoms with van der Waals surface area (Å²) in [6, 6.07) is -0.926. The van der Waals surface area contributed by atoms with Crippen LogP contribution in [0.25, 0.3) is 0 Å². The van der Waals surface area contributed by atoms with Gasteiger partial charge in [-0.1, -0.05) is 20.8 Å². The minimum atomic E-state index is -1.04. The van der Waals surface area contributed by atoms with Crippen LogP contribution in [0.15, 0.2) is 0 Å². The Hall–Kier alpha value is -1.26. The summed E-state index contributed by atoms with van der Waals surface area (Å²) in [5, 5.41) is 11.5. The molecule has 0 aliphatic rings. The fraction of sp³-hybridized carbons (Fsp3) is 0.833. The Morgan fingerprint density at radius 2 is 1.65 bits per heavy atom. The summed E-state index contributed by atoms with van der Waals surface area (Å²) in [7, 11) is 0. The van der Waals surface area contributed by atoms with Crippen molar-refractivity contribution < 1.29 is 19.4 Å². The maximum atomic E-state index is 11.5. The Morgan fingerprint density at radius 3 is 1.94 bits per heavy atom. The van der Waals surface area contributed by atoms with Gasteiger partial charge in [-0.2, -0.15) is 0 Å². The molecule has 0 aromatic heterocycles. The molecule has 0 fully saturated rings. The lowest BCUT2D eigenvalue weighted by Crippen LogP contribution is -2.48. The Kier molecular flexibility index (Phi) is 5.45. The second-order valence-corrected chi connectivity index (χ2v) is 5.57. The number of nitrogens with one attached hydrogen (secondary N) is 1. The summed E-state index contributed by atoms with van der Waals surface area (Å²) in [5.74, 6) is -1.05. The number of carboxylic acids is 1. The van der Waals surface area contributed by atoms with Crippen LogP contribution in [0.2, 0.25) is 0 Å². The molecule has 2 atom stereocenters. The van der Waals surface area contributed by atoms with Gasteiger partial charge in [-0.15, -0.1) is 0 Å². The van der Waals surface area contributed by atoms with Gasteiger partial charge in [0.05, 0.1) is 0 Å². The predicted octanol–water partition coefficient (Wildman–Crippen LogP) is 2.26. The van der Waals surface area contributed by atoms with Gasteiger partial charge in [-0.3, -0.25) is 0 Å². The van der Waals surface area contributed by atoms with Crippen molar-refractivity contribution in [3.05, 3.63) is 0 Å². The van der Waals surface area contributed by atoms with E-state index in [0.717, 1.165) is 0 Å². The highest BCUT2D eigenvalue weighted by Gasteiger charge is 2.30. The third-order valence-electron chi connectivity index (χ3n) is 2.52. The fourth-order valence-electron chi connectivity index (χ4n) is 1.24. The number of aliphatic carboxylic acids is 1. The fourth-order valence-corrected chi connectivity index (χ4v) is 1.24. The van der Waals surface area contributed by atoms with E-state index >= 15 is 0 Å². The van der Waals surface area contributed by atoms with Gasteiger partial charge < -0.3 is 15.2 Å². The zero-order valence-electron chi connectivity index (χ0n) is 11.4. The zero-order valence-corrected chi connectivity index (χ0v) is 11.4. The molecular weight excluding hydrogens is 222 g/mol. The summed E-state index contributed by atoms with van der Waals surface area (Å²) in [4.78, 5) is 22.6. The van der Waals surface area contributed by atoms with Crippen LogP contribution in [-0.4, -0.2) is 28.8 Å². The molecule has 0 aromatic rings. The van der Waals surface area contributed by atoms with Crippen molar-refractivity contribution in [1.29, 1.82) is 0 Å². The molecule has 0 saturated heterocycles. The van der Waals surface area contributed by atoms with Crippen LogP contribution in [-0.2, 0) is 9.53 Å². The number of carbonyl (C=O) groups excluding carboxylic acids is 1. The van der Waals surface area contributed by atoms with Gasteiger partial charge in [0.15, 0.2) is 0 Å². The van der Waals surface area contributed by atoms with E-state index in [2.05, 4.69) is 5.32 Å². The maximum Gasteiger partial charge on any atom is 0.408 e. The molecule has 0 radical (unpaired) electrons. The van der Waals surface area contributed by atoms with Gasteiger partial charge in [0.25, 0.3) is 0 Å². The molecule has 17 heavy (non-hydrogen) atoms. The first-order chi connectivity index (χ1) is 7.54.